The maximum absolute atomic E-state index is 11.5. The molecule has 0 heterocycles. The van der Waals surface area contributed by atoms with Crippen LogP contribution < -0.4 is 16.4 Å². The number of urea groups is 1. The maximum atomic E-state index is 11.5. The Balaban J connectivity index is 2.39. The fourth-order valence-electron chi connectivity index (χ4n) is 1.77. The van der Waals surface area contributed by atoms with Gasteiger partial charge in [-0.1, -0.05) is 24.3 Å². The highest BCUT2D eigenvalue weighted by Crippen LogP contribution is 2.09. The number of carbonyl (C=O) groups excluding carboxylic acids is 2. The highest BCUT2D eigenvalue weighted by atomic mass is 16.4. The molecular formula is C14H19N3O4. The van der Waals surface area contributed by atoms with Gasteiger partial charge in [0.05, 0.1) is 6.42 Å². The van der Waals surface area contributed by atoms with Crippen molar-refractivity contribution in [3.8, 4) is 0 Å². The Morgan fingerprint density at radius 1 is 1.10 bits per heavy atom. The van der Waals surface area contributed by atoms with Crippen molar-refractivity contribution >= 4 is 17.9 Å². The lowest BCUT2D eigenvalue weighted by molar-refractivity contribution is -0.136. The molecule has 0 aliphatic carbocycles. The van der Waals surface area contributed by atoms with Gasteiger partial charge in [0.1, 0.15) is 0 Å². The average molecular weight is 293 g/mol. The Bertz CT molecular complexity index is 517. The lowest BCUT2D eigenvalue weighted by Gasteiger charge is -2.10. The summed E-state index contributed by atoms with van der Waals surface area (Å²) in [5.41, 5.74) is 6.41. The molecule has 0 bridgehead atoms. The summed E-state index contributed by atoms with van der Waals surface area (Å²) in [7, 11) is 0. The number of hydrogen-bond donors (Lipinski definition) is 4. The molecule has 1 rings (SSSR count). The summed E-state index contributed by atoms with van der Waals surface area (Å²) in [5.74, 6) is -1.32. The van der Waals surface area contributed by atoms with Crippen LogP contribution >= 0.6 is 0 Å². The number of rotatable bonds is 8. The quantitative estimate of drug-likeness (QED) is 0.517. The van der Waals surface area contributed by atoms with E-state index in [0.717, 1.165) is 5.56 Å². The molecule has 0 spiro atoms. The molecule has 0 radical (unpaired) electrons. The van der Waals surface area contributed by atoms with Gasteiger partial charge in [-0.05, 0) is 17.5 Å². The predicted octanol–water partition coefficient (Wildman–Crippen LogP) is 0.378. The molecule has 0 aliphatic heterocycles. The van der Waals surface area contributed by atoms with Crippen molar-refractivity contribution in [2.24, 2.45) is 5.73 Å². The summed E-state index contributed by atoms with van der Waals surface area (Å²) in [4.78, 5) is 32.8. The molecule has 0 saturated heterocycles. The van der Waals surface area contributed by atoms with Crippen LogP contribution in [0, 0.1) is 0 Å². The number of carbonyl (C=O) groups is 3. The summed E-state index contributed by atoms with van der Waals surface area (Å²) in [6, 6.07) is 6.66. The molecule has 0 saturated carbocycles. The van der Waals surface area contributed by atoms with Gasteiger partial charge in [-0.3, -0.25) is 9.59 Å². The average Bonchev–Trinajstić information content (AvgIpc) is 2.42. The van der Waals surface area contributed by atoms with Gasteiger partial charge in [0.2, 0.25) is 5.91 Å². The van der Waals surface area contributed by atoms with E-state index in [1.54, 1.807) is 24.3 Å². The van der Waals surface area contributed by atoms with E-state index in [0.29, 0.717) is 18.5 Å². The zero-order valence-corrected chi connectivity index (χ0v) is 11.6. The minimum Gasteiger partial charge on any atom is -0.481 e. The van der Waals surface area contributed by atoms with Gasteiger partial charge in [-0.2, -0.15) is 0 Å². The van der Waals surface area contributed by atoms with Crippen LogP contribution in [-0.2, 0) is 22.6 Å². The van der Waals surface area contributed by atoms with Gasteiger partial charge in [0.25, 0.3) is 0 Å². The van der Waals surface area contributed by atoms with Crippen LogP contribution in [0.5, 0.6) is 0 Å². The Hall–Kier alpha value is -2.57. The molecule has 0 aromatic heterocycles. The third-order valence-electron chi connectivity index (χ3n) is 2.78. The van der Waals surface area contributed by atoms with Crippen LogP contribution in [0.1, 0.15) is 24.0 Å². The van der Waals surface area contributed by atoms with E-state index in [4.69, 9.17) is 10.8 Å². The second-order valence-corrected chi connectivity index (χ2v) is 4.52. The Labute approximate surface area is 122 Å². The van der Waals surface area contributed by atoms with Crippen molar-refractivity contribution < 1.29 is 19.5 Å². The number of benzene rings is 1. The van der Waals surface area contributed by atoms with E-state index < -0.39 is 11.9 Å². The van der Waals surface area contributed by atoms with Crippen LogP contribution in [-0.4, -0.2) is 29.6 Å². The monoisotopic (exact) mass is 293 g/mol. The summed E-state index contributed by atoms with van der Waals surface area (Å²) < 4.78 is 0. The van der Waals surface area contributed by atoms with Crippen LogP contribution in [0.15, 0.2) is 24.3 Å². The molecule has 1 aromatic carbocycles. The minimum atomic E-state index is -0.918. The third-order valence-corrected chi connectivity index (χ3v) is 2.78. The van der Waals surface area contributed by atoms with Crippen LogP contribution in [0.4, 0.5) is 4.79 Å². The zero-order valence-electron chi connectivity index (χ0n) is 11.6. The van der Waals surface area contributed by atoms with Gasteiger partial charge >= 0.3 is 12.0 Å². The fourth-order valence-corrected chi connectivity index (χ4v) is 1.77. The number of amides is 3. The molecule has 114 valence electrons. The van der Waals surface area contributed by atoms with Crippen LogP contribution in [0.2, 0.25) is 0 Å². The first-order valence-electron chi connectivity index (χ1n) is 6.57. The highest BCUT2D eigenvalue weighted by molar-refractivity contribution is 5.75. The van der Waals surface area contributed by atoms with Crippen molar-refractivity contribution in [2.75, 3.05) is 6.54 Å². The van der Waals surface area contributed by atoms with E-state index in [1.807, 2.05) is 0 Å². The van der Waals surface area contributed by atoms with Gasteiger partial charge in [-0.25, -0.2) is 4.79 Å². The SMILES string of the molecule is NC(=O)CCCNC(=O)NCc1ccccc1CC(=O)O. The van der Waals surface area contributed by atoms with Crippen molar-refractivity contribution in [1.29, 1.82) is 0 Å². The molecule has 7 heteroatoms. The minimum absolute atomic E-state index is 0.0852. The standard InChI is InChI=1S/C14H19N3O4/c15-12(18)6-3-7-16-14(21)17-9-11-5-2-1-4-10(11)8-13(19)20/h1-2,4-5H,3,6-9H2,(H2,15,18)(H,19,20)(H2,16,17,21). The first-order chi connectivity index (χ1) is 9.99. The number of nitrogens with one attached hydrogen (secondary N) is 2. The number of carboxylic acid groups (broad SMARTS) is 1. The topological polar surface area (TPSA) is 122 Å². The number of hydrogen-bond acceptors (Lipinski definition) is 3. The molecule has 0 aliphatic rings. The van der Waals surface area contributed by atoms with Gasteiger partial charge in [0, 0.05) is 19.5 Å². The highest BCUT2D eigenvalue weighted by Gasteiger charge is 2.07. The van der Waals surface area contributed by atoms with Crippen LogP contribution in [0.3, 0.4) is 0 Å². The smallest absolute Gasteiger partial charge is 0.315 e. The van der Waals surface area contributed by atoms with Gasteiger partial charge in [0.15, 0.2) is 0 Å². The Kier molecular flexibility index (Phi) is 6.73. The number of nitrogens with two attached hydrogens (primary N) is 1. The Morgan fingerprint density at radius 2 is 1.76 bits per heavy atom. The second-order valence-electron chi connectivity index (χ2n) is 4.52. The molecule has 3 amide bonds. The summed E-state index contributed by atoms with van der Waals surface area (Å²) >= 11 is 0. The predicted molar refractivity (Wildman–Crippen MR) is 76.4 cm³/mol. The zero-order chi connectivity index (χ0) is 15.7. The summed E-state index contributed by atoms with van der Waals surface area (Å²) in [5, 5.41) is 14.1. The van der Waals surface area contributed by atoms with Crippen molar-refractivity contribution in [2.45, 2.75) is 25.8 Å². The van der Waals surface area contributed by atoms with E-state index in [-0.39, 0.29) is 25.4 Å². The maximum Gasteiger partial charge on any atom is 0.315 e. The number of aliphatic carboxylic acids is 1. The van der Waals surface area contributed by atoms with E-state index in [1.165, 1.54) is 0 Å². The number of carboxylic acids is 1. The first kappa shape index (κ1) is 16.5. The summed E-state index contributed by atoms with van der Waals surface area (Å²) in [6.45, 7) is 0.594. The number of primary amides is 1. The third kappa shape index (κ3) is 6.95. The largest absolute Gasteiger partial charge is 0.481 e. The van der Waals surface area contributed by atoms with E-state index in [9.17, 15) is 14.4 Å². The molecule has 21 heavy (non-hydrogen) atoms. The molecule has 0 unspecified atom stereocenters. The van der Waals surface area contributed by atoms with Crippen LogP contribution in [0.25, 0.3) is 0 Å². The molecule has 1 aromatic rings. The lowest BCUT2D eigenvalue weighted by atomic mass is 10.0. The van der Waals surface area contributed by atoms with E-state index in [2.05, 4.69) is 10.6 Å². The van der Waals surface area contributed by atoms with Crippen molar-refractivity contribution in [1.82, 2.24) is 10.6 Å². The molecule has 5 N–H and O–H groups in total. The summed E-state index contributed by atoms with van der Waals surface area (Å²) in [6.07, 6.45) is 0.623. The lowest BCUT2D eigenvalue weighted by Crippen LogP contribution is -2.36. The van der Waals surface area contributed by atoms with Gasteiger partial charge < -0.3 is 21.5 Å². The molecule has 0 fully saturated rings. The Morgan fingerprint density at radius 3 is 2.38 bits per heavy atom. The molecule has 0 atom stereocenters. The normalized spacial score (nSPS) is 9.90. The van der Waals surface area contributed by atoms with Gasteiger partial charge in [-0.15, -0.1) is 0 Å². The van der Waals surface area contributed by atoms with Crippen molar-refractivity contribution in [3.63, 3.8) is 0 Å². The second kappa shape index (κ2) is 8.57. The fraction of sp³-hybridized carbons (Fsp3) is 0.357. The first-order valence-corrected chi connectivity index (χ1v) is 6.57. The molecular weight excluding hydrogens is 274 g/mol. The van der Waals surface area contributed by atoms with Crippen molar-refractivity contribution in [3.05, 3.63) is 35.4 Å². The van der Waals surface area contributed by atoms with E-state index >= 15 is 0 Å². The molecule has 7 nitrogen and oxygen atoms in total.